The molecule has 0 bridgehead atoms. The number of aryl methyl sites for hydroxylation is 1. The van der Waals surface area contributed by atoms with E-state index in [0.29, 0.717) is 6.61 Å². The first-order valence-electron chi connectivity index (χ1n) is 7.90. The topological polar surface area (TPSA) is 38.3 Å². The molecule has 2 aromatic carbocycles. The molecule has 0 radical (unpaired) electrons. The Kier molecular flexibility index (Phi) is 4.42. The molecule has 2 aromatic rings. The summed E-state index contributed by atoms with van der Waals surface area (Å²) in [6.07, 6.45) is 2.69. The number of para-hydroxylation sites is 1. The van der Waals surface area contributed by atoms with E-state index in [1.54, 1.807) is 0 Å². The summed E-state index contributed by atoms with van der Waals surface area (Å²) in [6, 6.07) is 15.8. The van der Waals surface area contributed by atoms with Crippen molar-refractivity contribution in [3.8, 4) is 5.75 Å². The Morgan fingerprint density at radius 1 is 1.18 bits per heavy atom. The predicted molar refractivity (Wildman–Crippen MR) is 87.2 cm³/mol. The van der Waals surface area contributed by atoms with E-state index in [2.05, 4.69) is 12.2 Å². The van der Waals surface area contributed by atoms with Gasteiger partial charge in [-0.05, 0) is 37.0 Å². The van der Waals surface area contributed by atoms with Gasteiger partial charge in [0.25, 0.3) is 5.91 Å². The molecule has 0 aliphatic carbocycles. The molecule has 1 N–H and O–H groups in total. The van der Waals surface area contributed by atoms with Crippen molar-refractivity contribution in [2.45, 2.75) is 32.2 Å². The largest absolute Gasteiger partial charge is 0.493 e. The summed E-state index contributed by atoms with van der Waals surface area (Å²) >= 11 is 0. The molecule has 0 spiro atoms. The number of hydrogen-bond donors (Lipinski definition) is 1. The number of amides is 1. The van der Waals surface area contributed by atoms with Crippen LogP contribution in [0.25, 0.3) is 0 Å². The summed E-state index contributed by atoms with van der Waals surface area (Å²) < 4.78 is 5.76. The Labute approximate surface area is 131 Å². The summed E-state index contributed by atoms with van der Waals surface area (Å²) in [6.45, 7) is 2.77. The number of rotatable bonds is 3. The van der Waals surface area contributed by atoms with Gasteiger partial charge in [0.2, 0.25) is 0 Å². The Balaban J connectivity index is 1.85. The first kappa shape index (κ1) is 14.6. The van der Waals surface area contributed by atoms with Crippen molar-refractivity contribution in [3.63, 3.8) is 0 Å². The van der Waals surface area contributed by atoms with Crippen molar-refractivity contribution in [2.24, 2.45) is 0 Å². The van der Waals surface area contributed by atoms with Gasteiger partial charge in [-0.3, -0.25) is 4.79 Å². The van der Waals surface area contributed by atoms with E-state index >= 15 is 0 Å². The second kappa shape index (κ2) is 6.65. The van der Waals surface area contributed by atoms with Gasteiger partial charge in [0.1, 0.15) is 5.75 Å². The van der Waals surface area contributed by atoms with Gasteiger partial charge in [0.05, 0.1) is 12.6 Å². The third-order valence-electron chi connectivity index (χ3n) is 4.14. The number of carbonyl (C=O) groups excluding carboxylic acids is 1. The molecule has 0 saturated heterocycles. The van der Waals surface area contributed by atoms with E-state index in [1.165, 1.54) is 0 Å². The molecule has 114 valence electrons. The highest BCUT2D eigenvalue weighted by atomic mass is 16.5. The molecule has 3 rings (SSSR count). The molecule has 3 heteroatoms. The lowest BCUT2D eigenvalue weighted by molar-refractivity contribution is 0.0934. The van der Waals surface area contributed by atoms with Crippen LogP contribution in [0.3, 0.4) is 0 Å². The molecule has 1 atom stereocenters. The number of carbonyl (C=O) groups is 1. The second-order valence-electron chi connectivity index (χ2n) is 5.57. The molecule has 0 saturated carbocycles. The van der Waals surface area contributed by atoms with Gasteiger partial charge in [-0.1, -0.05) is 43.3 Å². The van der Waals surface area contributed by atoms with E-state index in [1.807, 2.05) is 48.5 Å². The van der Waals surface area contributed by atoms with Crippen molar-refractivity contribution in [2.75, 3.05) is 6.61 Å². The molecule has 22 heavy (non-hydrogen) atoms. The van der Waals surface area contributed by atoms with Crippen LogP contribution in [0.4, 0.5) is 0 Å². The van der Waals surface area contributed by atoms with Crippen LogP contribution >= 0.6 is 0 Å². The van der Waals surface area contributed by atoms with Crippen molar-refractivity contribution < 1.29 is 9.53 Å². The first-order valence-corrected chi connectivity index (χ1v) is 7.90. The minimum absolute atomic E-state index is 0.000784. The van der Waals surface area contributed by atoms with Crippen LogP contribution < -0.4 is 10.1 Å². The Bertz CT molecular complexity index is 666. The summed E-state index contributed by atoms with van der Waals surface area (Å²) in [7, 11) is 0. The quantitative estimate of drug-likeness (QED) is 0.933. The monoisotopic (exact) mass is 295 g/mol. The predicted octanol–water partition coefficient (Wildman–Crippen LogP) is 3.89. The summed E-state index contributed by atoms with van der Waals surface area (Å²) in [5, 5.41) is 3.19. The molecule has 0 aromatic heterocycles. The van der Waals surface area contributed by atoms with E-state index in [4.69, 9.17) is 4.74 Å². The lowest BCUT2D eigenvalue weighted by Crippen LogP contribution is -2.29. The maximum absolute atomic E-state index is 12.7. The van der Waals surface area contributed by atoms with Crippen molar-refractivity contribution in [1.82, 2.24) is 5.32 Å². The van der Waals surface area contributed by atoms with Crippen LogP contribution in [0.5, 0.6) is 5.75 Å². The van der Waals surface area contributed by atoms with Crippen LogP contribution in [0.2, 0.25) is 0 Å². The van der Waals surface area contributed by atoms with Gasteiger partial charge in [-0.25, -0.2) is 0 Å². The Morgan fingerprint density at radius 3 is 2.82 bits per heavy atom. The maximum atomic E-state index is 12.7. The fourth-order valence-corrected chi connectivity index (χ4v) is 2.96. The van der Waals surface area contributed by atoms with E-state index in [0.717, 1.165) is 41.7 Å². The number of benzene rings is 2. The molecule has 1 aliphatic rings. The Hall–Kier alpha value is -2.29. The molecule has 0 unspecified atom stereocenters. The number of nitrogens with one attached hydrogen (secondary N) is 1. The van der Waals surface area contributed by atoms with E-state index in [-0.39, 0.29) is 11.9 Å². The molecule has 1 heterocycles. The average Bonchev–Trinajstić information content (AvgIpc) is 2.77. The number of fused-ring (bicyclic) bond motifs is 1. The van der Waals surface area contributed by atoms with Crippen molar-refractivity contribution in [1.29, 1.82) is 0 Å². The van der Waals surface area contributed by atoms with Crippen LogP contribution in [0.15, 0.2) is 48.5 Å². The van der Waals surface area contributed by atoms with Gasteiger partial charge >= 0.3 is 0 Å². The van der Waals surface area contributed by atoms with E-state index < -0.39 is 0 Å². The second-order valence-corrected chi connectivity index (χ2v) is 5.57. The highest BCUT2D eigenvalue weighted by Crippen LogP contribution is 2.31. The highest BCUT2D eigenvalue weighted by molar-refractivity contribution is 5.96. The normalized spacial score (nSPS) is 17.0. The van der Waals surface area contributed by atoms with Crippen molar-refractivity contribution >= 4 is 5.91 Å². The maximum Gasteiger partial charge on any atom is 0.252 e. The van der Waals surface area contributed by atoms with Crippen molar-refractivity contribution in [3.05, 3.63) is 65.2 Å². The van der Waals surface area contributed by atoms with Gasteiger partial charge in [-0.2, -0.15) is 0 Å². The number of ether oxygens (including phenoxy) is 1. The fourth-order valence-electron chi connectivity index (χ4n) is 2.96. The zero-order chi connectivity index (χ0) is 15.4. The molecule has 3 nitrogen and oxygen atoms in total. The highest BCUT2D eigenvalue weighted by Gasteiger charge is 2.22. The van der Waals surface area contributed by atoms with Gasteiger partial charge in [-0.15, -0.1) is 0 Å². The minimum atomic E-state index is -0.000784. The zero-order valence-corrected chi connectivity index (χ0v) is 12.8. The lowest BCUT2D eigenvalue weighted by Gasteiger charge is -2.19. The SMILES string of the molecule is CCc1ccccc1C(=O)N[C@@H]1CCCOc2ccccc21. The summed E-state index contributed by atoms with van der Waals surface area (Å²) in [5.74, 6) is 0.883. The average molecular weight is 295 g/mol. The fraction of sp³-hybridized carbons (Fsp3) is 0.316. The van der Waals surface area contributed by atoms with Gasteiger partial charge in [0.15, 0.2) is 0 Å². The Morgan fingerprint density at radius 2 is 1.95 bits per heavy atom. The van der Waals surface area contributed by atoms with Crippen LogP contribution in [0.1, 0.15) is 47.3 Å². The third kappa shape index (κ3) is 2.98. The van der Waals surface area contributed by atoms with Gasteiger partial charge in [0, 0.05) is 11.1 Å². The standard InChI is InChI=1S/C19H21NO2/c1-2-14-8-3-4-9-15(14)19(21)20-17-11-7-13-22-18-12-6-5-10-16(17)18/h3-6,8-10,12,17H,2,7,11,13H2,1H3,(H,20,21)/t17-/m1/s1. The van der Waals surface area contributed by atoms with E-state index in [9.17, 15) is 4.79 Å². The van der Waals surface area contributed by atoms with Gasteiger partial charge < -0.3 is 10.1 Å². The third-order valence-corrected chi connectivity index (χ3v) is 4.14. The summed E-state index contributed by atoms with van der Waals surface area (Å²) in [5.41, 5.74) is 2.92. The molecule has 1 amide bonds. The lowest BCUT2D eigenvalue weighted by atomic mass is 10.00. The smallest absolute Gasteiger partial charge is 0.252 e. The van der Waals surface area contributed by atoms with Crippen LogP contribution in [-0.4, -0.2) is 12.5 Å². The minimum Gasteiger partial charge on any atom is -0.493 e. The zero-order valence-electron chi connectivity index (χ0n) is 12.8. The molecule has 1 aliphatic heterocycles. The molecular formula is C19H21NO2. The molecular weight excluding hydrogens is 274 g/mol. The number of hydrogen-bond acceptors (Lipinski definition) is 2. The molecule has 0 fully saturated rings. The van der Waals surface area contributed by atoms with Crippen LogP contribution in [0, 0.1) is 0 Å². The summed E-state index contributed by atoms with van der Waals surface area (Å²) in [4.78, 5) is 12.7. The first-order chi connectivity index (χ1) is 10.8. The van der Waals surface area contributed by atoms with Crippen LogP contribution in [-0.2, 0) is 6.42 Å².